The minimum atomic E-state index is 0.730. The molecule has 0 spiro atoms. The van der Waals surface area contributed by atoms with Crippen LogP contribution in [0.3, 0.4) is 0 Å². The summed E-state index contributed by atoms with van der Waals surface area (Å²) in [5.41, 5.74) is 2.28. The molecule has 2 N–H and O–H groups in total. The summed E-state index contributed by atoms with van der Waals surface area (Å²) in [5, 5.41) is 8.61. The molecule has 1 heterocycles. The van der Waals surface area contributed by atoms with Gasteiger partial charge in [-0.1, -0.05) is 29.8 Å². The van der Waals surface area contributed by atoms with E-state index in [1.165, 1.54) is 4.88 Å². The smallest absolute Gasteiger partial charge is 0.191 e. The zero-order valence-corrected chi connectivity index (χ0v) is 16.1. The summed E-state index contributed by atoms with van der Waals surface area (Å²) >= 11 is 7.95. The summed E-state index contributed by atoms with van der Waals surface area (Å²) in [7, 11) is 0. The number of thiazole rings is 1. The Labute approximate surface area is 153 Å². The molecule has 2 aromatic rings. The molecule has 2 rings (SSSR count). The van der Waals surface area contributed by atoms with Crippen molar-refractivity contribution in [3.63, 3.8) is 0 Å². The van der Waals surface area contributed by atoms with E-state index in [9.17, 15) is 0 Å². The van der Waals surface area contributed by atoms with Crippen LogP contribution < -0.4 is 10.6 Å². The van der Waals surface area contributed by atoms with Gasteiger partial charge in [-0.2, -0.15) is 0 Å². The predicted octanol–water partition coefficient (Wildman–Crippen LogP) is 3.75. The van der Waals surface area contributed by atoms with Crippen LogP contribution in [0.4, 0.5) is 0 Å². The van der Waals surface area contributed by atoms with Gasteiger partial charge in [-0.3, -0.25) is 4.99 Å². The minimum Gasteiger partial charge on any atom is -0.357 e. The molecule has 0 fully saturated rings. The van der Waals surface area contributed by atoms with Gasteiger partial charge in [-0.25, -0.2) is 4.98 Å². The zero-order valence-electron chi connectivity index (χ0n) is 14.5. The standard InChI is InChI=1S/C18H25ClN4S/c1-4-20-18(21-11-9-15-7-5-6-8-16(15)19)22-12-10-17-23-13(2)14(3)24-17/h5-8H,4,9-12H2,1-3H3,(H2,20,21,22). The van der Waals surface area contributed by atoms with E-state index in [1.54, 1.807) is 11.3 Å². The zero-order chi connectivity index (χ0) is 17.4. The number of aliphatic imine (C=N–C) groups is 1. The average molecular weight is 365 g/mol. The molecule has 0 unspecified atom stereocenters. The maximum atomic E-state index is 6.19. The fourth-order valence-corrected chi connectivity index (χ4v) is 3.42. The highest BCUT2D eigenvalue weighted by Crippen LogP contribution is 2.17. The predicted molar refractivity (Wildman–Crippen MR) is 104 cm³/mol. The number of aryl methyl sites for hydroxylation is 2. The molecule has 1 aromatic carbocycles. The van der Waals surface area contributed by atoms with E-state index < -0.39 is 0 Å². The van der Waals surface area contributed by atoms with Crippen LogP contribution in [0.25, 0.3) is 0 Å². The van der Waals surface area contributed by atoms with E-state index in [0.717, 1.165) is 59.7 Å². The van der Waals surface area contributed by atoms with E-state index in [-0.39, 0.29) is 0 Å². The molecule has 0 aliphatic rings. The number of hydrogen-bond donors (Lipinski definition) is 2. The lowest BCUT2D eigenvalue weighted by atomic mass is 10.1. The summed E-state index contributed by atoms with van der Waals surface area (Å²) in [5.74, 6) is 0.842. The SMILES string of the molecule is CCNC(=NCCc1nc(C)c(C)s1)NCCc1ccccc1Cl. The summed E-state index contributed by atoms with van der Waals surface area (Å²) in [6.07, 6.45) is 1.75. The van der Waals surface area contributed by atoms with E-state index >= 15 is 0 Å². The van der Waals surface area contributed by atoms with Gasteiger partial charge < -0.3 is 10.6 Å². The van der Waals surface area contributed by atoms with Gasteiger partial charge in [0.15, 0.2) is 5.96 Å². The molecule has 0 amide bonds. The number of benzene rings is 1. The first-order chi connectivity index (χ1) is 11.6. The third-order valence-corrected chi connectivity index (χ3v) is 5.16. The summed E-state index contributed by atoms with van der Waals surface area (Å²) < 4.78 is 0. The Morgan fingerprint density at radius 2 is 2.00 bits per heavy atom. The third-order valence-electron chi connectivity index (χ3n) is 3.66. The molecular weight excluding hydrogens is 340 g/mol. The second kappa shape index (κ2) is 9.64. The van der Waals surface area contributed by atoms with Crippen LogP contribution in [0.15, 0.2) is 29.3 Å². The Hall–Kier alpha value is -1.59. The first-order valence-electron chi connectivity index (χ1n) is 8.28. The molecule has 0 radical (unpaired) electrons. The normalized spacial score (nSPS) is 11.6. The molecule has 4 nitrogen and oxygen atoms in total. The first kappa shape index (κ1) is 18.7. The number of aromatic nitrogens is 1. The van der Waals surface area contributed by atoms with Crippen molar-refractivity contribution >= 4 is 28.9 Å². The fraction of sp³-hybridized carbons (Fsp3) is 0.444. The van der Waals surface area contributed by atoms with Gasteiger partial charge in [0, 0.05) is 36.0 Å². The molecule has 24 heavy (non-hydrogen) atoms. The fourth-order valence-electron chi connectivity index (χ4n) is 2.27. The summed E-state index contributed by atoms with van der Waals surface area (Å²) in [6.45, 7) is 8.60. The maximum absolute atomic E-state index is 6.19. The first-order valence-corrected chi connectivity index (χ1v) is 9.48. The number of rotatable bonds is 7. The van der Waals surface area contributed by atoms with Gasteiger partial charge in [0.25, 0.3) is 0 Å². The van der Waals surface area contributed by atoms with Crippen molar-refractivity contribution in [2.24, 2.45) is 4.99 Å². The van der Waals surface area contributed by atoms with Crippen molar-refractivity contribution in [2.75, 3.05) is 19.6 Å². The molecule has 0 aliphatic carbocycles. The lowest BCUT2D eigenvalue weighted by Gasteiger charge is -2.11. The molecule has 1 aromatic heterocycles. The van der Waals surface area contributed by atoms with E-state index in [0.29, 0.717) is 0 Å². The van der Waals surface area contributed by atoms with E-state index in [4.69, 9.17) is 11.6 Å². The van der Waals surface area contributed by atoms with E-state index in [2.05, 4.69) is 47.4 Å². The minimum absolute atomic E-state index is 0.730. The topological polar surface area (TPSA) is 49.3 Å². The number of nitrogens with one attached hydrogen (secondary N) is 2. The largest absolute Gasteiger partial charge is 0.357 e. The van der Waals surface area contributed by atoms with Crippen LogP contribution in [0, 0.1) is 13.8 Å². The van der Waals surface area contributed by atoms with Crippen LogP contribution in [0.2, 0.25) is 5.02 Å². The molecule has 0 atom stereocenters. The van der Waals surface area contributed by atoms with Crippen molar-refractivity contribution in [1.82, 2.24) is 15.6 Å². The molecule has 130 valence electrons. The Morgan fingerprint density at radius 3 is 2.67 bits per heavy atom. The molecule has 0 saturated heterocycles. The Balaban J connectivity index is 1.83. The maximum Gasteiger partial charge on any atom is 0.191 e. The van der Waals surface area contributed by atoms with Gasteiger partial charge in [0.05, 0.1) is 10.7 Å². The molecular formula is C18H25ClN4S. The van der Waals surface area contributed by atoms with Crippen LogP contribution in [0.5, 0.6) is 0 Å². The molecule has 0 bridgehead atoms. The quantitative estimate of drug-likeness (QED) is 0.581. The molecule has 0 saturated carbocycles. The Kier molecular flexibility index (Phi) is 7.53. The number of halogens is 1. The van der Waals surface area contributed by atoms with Crippen LogP contribution in [0.1, 0.15) is 28.1 Å². The van der Waals surface area contributed by atoms with Gasteiger partial charge in [0.2, 0.25) is 0 Å². The van der Waals surface area contributed by atoms with Crippen molar-refractivity contribution in [1.29, 1.82) is 0 Å². The van der Waals surface area contributed by atoms with Gasteiger partial charge in [-0.15, -0.1) is 11.3 Å². The monoisotopic (exact) mass is 364 g/mol. The van der Waals surface area contributed by atoms with Crippen molar-refractivity contribution in [2.45, 2.75) is 33.6 Å². The van der Waals surface area contributed by atoms with Gasteiger partial charge in [0.1, 0.15) is 0 Å². The van der Waals surface area contributed by atoms with Gasteiger partial charge in [-0.05, 0) is 38.8 Å². The van der Waals surface area contributed by atoms with Crippen LogP contribution >= 0.6 is 22.9 Å². The second-order valence-corrected chi connectivity index (χ2v) is 7.22. The lowest BCUT2D eigenvalue weighted by Crippen LogP contribution is -2.38. The summed E-state index contributed by atoms with van der Waals surface area (Å²) in [4.78, 5) is 10.5. The second-order valence-electron chi connectivity index (χ2n) is 5.53. The molecule has 0 aliphatic heterocycles. The number of hydrogen-bond acceptors (Lipinski definition) is 3. The molecule has 6 heteroatoms. The lowest BCUT2D eigenvalue weighted by molar-refractivity contribution is 0.796. The van der Waals surface area contributed by atoms with Crippen LogP contribution in [-0.2, 0) is 12.8 Å². The third kappa shape index (κ3) is 5.80. The Bertz CT molecular complexity index is 662. The highest BCUT2D eigenvalue weighted by atomic mass is 35.5. The number of nitrogens with zero attached hydrogens (tertiary/aromatic N) is 2. The van der Waals surface area contributed by atoms with Crippen molar-refractivity contribution in [3.8, 4) is 0 Å². The Morgan fingerprint density at radius 1 is 1.21 bits per heavy atom. The number of guanidine groups is 1. The summed E-state index contributed by atoms with van der Waals surface area (Å²) in [6, 6.07) is 7.95. The van der Waals surface area contributed by atoms with Crippen LogP contribution in [-0.4, -0.2) is 30.6 Å². The van der Waals surface area contributed by atoms with Gasteiger partial charge >= 0.3 is 0 Å². The average Bonchev–Trinajstić information content (AvgIpc) is 2.87. The highest BCUT2D eigenvalue weighted by Gasteiger charge is 2.04. The highest BCUT2D eigenvalue weighted by molar-refractivity contribution is 7.11. The van der Waals surface area contributed by atoms with Crippen molar-refractivity contribution in [3.05, 3.63) is 50.4 Å². The van der Waals surface area contributed by atoms with E-state index in [1.807, 2.05) is 18.2 Å². The van der Waals surface area contributed by atoms with Crippen molar-refractivity contribution < 1.29 is 0 Å².